The van der Waals surface area contributed by atoms with Gasteiger partial charge in [0.1, 0.15) is 6.04 Å². The van der Waals surface area contributed by atoms with Crippen LogP contribution >= 0.6 is 0 Å². The van der Waals surface area contributed by atoms with E-state index in [1.54, 1.807) is 30.3 Å². The molecule has 1 atom stereocenters. The summed E-state index contributed by atoms with van der Waals surface area (Å²) in [5.74, 6) is -2.99. The van der Waals surface area contributed by atoms with Gasteiger partial charge in [-0.1, -0.05) is 18.2 Å². The molecule has 0 saturated carbocycles. The molecular formula is C14H17N3O5. The average Bonchev–Trinajstić information content (AvgIpc) is 2.49. The molecule has 0 aromatic heterocycles. The van der Waals surface area contributed by atoms with Crippen molar-refractivity contribution in [3.8, 4) is 0 Å². The van der Waals surface area contributed by atoms with Gasteiger partial charge in [-0.2, -0.15) is 0 Å². The van der Waals surface area contributed by atoms with E-state index in [1.165, 1.54) is 0 Å². The van der Waals surface area contributed by atoms with Crippen molar-refractivity contribution in [3.63, 3.8) is 0 Å². The Hall–Kier alpha value is -2.90. The monoisotopic (exact) mass is 307 g/mol. The second kappa shape index (κ2) is 8.40. The van der Waals surface area contributed by atoms with Gasteiger partial charge in [-0.15, -0.1) is 0 Å². The minimum Gasteiger partial charge on any atom is -0.481 e. The summed E-state index contributed by atoms with van der Waals surface area (Å²) in [6.45, 7) is -0.343. The number of primary amides is 1. The van der Waals surface area contributed by atoms with Crippen molar-refractivity contribution in [3.05, 3.63) is 35.9 Å². The van der Waals surface area contributed by atoms with Crippen LogP contribution in [0.1, 0.15) is 23.2 Å². The third kappa shape index (κ3) is 6.04. The van der Waals surface area contributed by atoms with Crippen molar-refractivity contribution in [2.45, 2.75) is 18.9 Å². The molecule has 0 aliphatic carbocycles. The molecule has 8 nitrogen and oxygen atoms in total. The summed E-state index contributed by atoms with van der Waals surface area (Å²) in [6, 6.07) is 7.22. The lowest BCUT2D eigenvalue weighted by molar-refractivity contribution is -0.137. The number of hydrogen-bond acceptors (Lipinski definition) is 4. The van der Waals surface area contributed by atoms with Gasteiger partial charge >= 0.3 is 5.97 Å². The molecule has 0 aliphatic rings. The van der Waals surface area contributed by atoms with Gasteiger partial charge in [0, 0.05) is 12.0 Å². The Bertz CT molecular complexity index is 559. The van der Waals surface area contributed by atoms with E-state index in [0.29, 0.717) is 5.56 Å². The van der Waals surface area contributed by atoms with Crippen LogP contribution in [0.4, 0.5) is 0 Å². The van der Waals surface area contributed by atoms with Crippen LogP contribution in [0.5, 0.6) is 0 Å². The van der Waals surface area contributed by atoms with Crippen LogP contribution in [0.15, 0.2) is 30.3 Å². The Kier molecular flexibility index (Phi) is 6.55. The van der Waals surface area contributed by atoms with E-state index < -0.39 is 29.7 Å². The molecule has 5 N–H and O–H groups in total. The zero-order valence-electron chi connectivity index (χ0n) is 11.7. The lowest BCUT2D eigenvalue weighted by Gasteiger charge is -2.14. The number of rotatable bonds is 8. The molecular weight excluding hydrogens is 290 g/mol. The normalized spacial score (nSPS) is 11.3. The van der Waals surface area contributed by atoms with Crippen molar-refractivity contribution in [1.82, 2.24) is 10.6 Å². The van der Waals surface area contributed by atoms with E-state index in [2.05, 4.69) is 10.6 Å². The fraction of sp³-hybridized carbons (Fsp3) is 0.286. The third-order valence-corrected chi connectivity index (χ3v) is 2.77. The summed E-state index contributed by atoms with van der Waals surface area (Å²) in [6.07, 6.45) is -0.409. The van der Waals surface area contributed by atoms with E-state index >= 15 is 0 Å². The zero-order chi connectivity index (χ0) is 16.5. The van der Waals surface area contributed by atoms with Crippen LogP contribution in [-0.4, -0.2) is 41.4 Å². The van der Waals surface area contributed by atoms with Crippen molar-refractivity contribution in [1.29, 1.82) is 0 Å². The number of carboxylic acids is 1. The van der Waals surface area contributed by atoms with E-state index in [0.717, 1.165) is 0 Å². The molecule has 1 aromatic rings. The SMILES string of the molecule is NC(=O)[C@@H](CCC(=O)O)NC(=O)CNC(=O)c1ccccc1. The minimum absolute atomic E-state index is 0.108. The Morgan fingerprint density at radius 1 is 1.14 bits per heavy atom. The van der Waals surface area contributed by atoms with Crippen LogP contribution in [0.25, 0.3) is 0 Å². The highest BCUT2D eigenvalue weighted by Crippen LogP contribution is 1.98. The molecule has 0 saturated heterocycles. The number of amides is 3. The fourth-order valence-corrected chi connectivity index (χ4v) is 1.65. The van der Waals surface area contributed by atoms with E-state index in [1.807, 2.05) is 0 Å². The lowest BCUT2D eigenvalue weighted by Crippen LogP contribution is -2.48. The Labute approximate surface area is 126 Å². The van der Waals surface area contributed by atoms with Gasteiger partial charge < -0.3 is 21.5 Å². The van der Waals surface area contributed by atoms with E-state index in [9.17, 15) is 19.2 Å². The van der Waals surface area contributed by atoms with Gasteiger partial charge in [0.2, 0.25) is 11.8 Å². The number of carbonyl (C=O) groups excluding carboxylic acids is 3. The standard InChI is InChI=1S/C14H17N3O5/c15-13(21)10(6-7-12(19)20)17-11(18)8-16-14(22)9-4-2-1-3-5-9/h1-5,10H,6-8H2,(H2,15,21)(H,16,22)(H,17,18)(H,19,20)/t10-/m1/s1. The molecule has 1 aromatic carbocycles. The van der Waals surface area contributed by atoms with Crippen molar-refractivity contribution < 1.29 is 24.3 Å². The summed E-state index contributed by atoms with van der Waals surface area (Å²) in [7, 11) is 0. The molecule has 3 amide bonds. The molecule has 118 valence electrons. The topological polar surface area (TPSA) is 139 Å². The predicted octanol–water partition coefficient (Wildman–Crippen LogP) is -0.749. The van der Waals surface area contributed by atoms with E-state index in [-0.39, 0.29) is 19.4 Å². The van der Waals surface area contributed by atoms with Crippen molar-refractivity contribution in [2.75, 3.05) is 6.54 Å². The third-order valence-electron chi connectivity index (χ3n) is 2.77. The number of aliphatic carboxylic acids is 1. The van der Waals surface area contributed by atoms with Crippen molar-refractivity contribution >= 4 is 23.7 Å². The Balaban J connectivity index is 2.45. The smallest absolute Gasteiger partial charge is 0.303 e. The maximum absolute atomic E-state index is 11.7. The highest BCUT2D eigenvalue weighted by Gasteiger charge is 2.19. The summed E-state index contributed by atoms with van der Waals surface area (Å²) in [5.41, 5.74) is 5.48. The van der Waals surface area contributed by atoms with Crippen LogP contribution in [0.3, 0.4) is 0 Å². The first-order valence-corrected chi connectivity index (χ1v) is 6.54. The second-order valence-electron chi connectivity index (χ2n) is 4.50. The molecule has 0 unspecified atom stereocenters. The molecule has 1 rings (SSSR count). The van der Waals surface area contributed by atoms with Crippen LogP contribution in [-0.2, 0) is 14.4 Å². The first-order valence-electron chi connectivity index (χ1n) is 6.54. The van der Waals surface area contributed by atoms with Gasteiger partial charge in [-0.05, 0) is 18.6 Å². The van der Waals surface area contributed by atoms with Crippen LogP contribution < -0.4 is 16.4 Å². The fourth-order valence-electron chi connectivity index (χ4n) is 1.65. The van der Waals surface area contributed by atoms with Gasteiger partial charge in [0.15, 0.2) is 0 Å². The molecule has 0 spiro atoms. The number of carbonyl (C=O) groups is 4. The molecule has 0 bridgehead atoms. The highest BCUT2D eigenvalue weighted by atomic mass is 16.4. The zero-order valence-corrected chi connectivity index (χ0v) is 11.7. The van der Waals surface area contributed by atoms with Gasteiger partial charge in [0.05, 0.1) is 6.54 Å². The Morgan fingerprint density at radius 2 is 1.77 bits per heavy atom. The molecule has 22 heavy (non-hydrogen) atoms. The number of nitrogens with one attached hydrogen (secondary N) is 2. The molecule has 0 heterocycles. The molecule has 8 heteroatoms. The average molecular weight is 307 g/mol. The van der Waals surface area contributed by atoms with Crippen molar-refractivity contribution in [2.24, 2.45) is 5.73 Å². The van der Waals surface area contributed by atoms with Crippen LogP contribution in [0.2, 0.25) is 0 Å². The van der Waals surface area contributed by atoms with Gasteiger partial charge in [-0.25, -0.2) is 0 Å². The largest absolute Gasteiger partial charge is 0.481 e. The number of nitrogens with two attached hydrogens (primary N) is 1. The summed E-state index contributed by atoms with van der Waals surface area (Å²) < 4.78 is 0. The molecule has 0 fully saturated rings. The minimum atomic E-state index is -1.10. The molecule has 0 aliphatic heterocycles. The maximum atomic E-state index is 11.7. The summed E-state index contributed by atoms with van der Waals surface area (Å²) in [4.78, 5) is 45.0. The van der Waals surface area contributed by atoms with E-state index in [4.69, 9.17) is 10.8 Å². The maximum Gasteiger partial charge on any atom is 0.303 e. The van der Waals surface area contributed by atoms with Crippen LogP contribution in [0, 0.1) is 0 Å². The summed E-state index contributed by atoms with van der Waals surface area (Å²) in [5, 5.41) is 13.2. The highest BCUT2D eigenvalue weighted by molar-refractivity contribution is 5.97. The predicted molar refractivity (Wildman–Crippen MR) is 76.8 cm³/mol. The number of benzene rings is 1. The number of hydrogen-bond donors (Lipinski definition) is 4. The molecule has 0 radical (unpaired) electrons. The van der Waals surface area contributed by atoms with Gasteiger partial charge in [0.25, 0.3) is 5.91 Å². The quantitative estimate of drug-likeness (QED) is 0.500. The van der Waals surface area contributed by atoms with Gasteiger partial charge in [-0.3, -0.25) is 19.2 Å². The Morgan fingerprint density at radius 3 is 2.32 bits per heavy atom. The second-order valence-corrected chi connectivity index (χ2v) is 4.50. The first kappa shape index (κ1) is 17.2. The first-order chi connectivity index (χ1) is 10.4. The summed E-state index contributed by atoms with van der Waals surface area (Å²) >= 11 is 0. The number of carboxylic acid groups (broad SMARTS) is 1. The lowest BCUT2D eigenvalue weighted by atomic mass is 10.1.